The number of methoxy groups -OCH3 is 1. The summed E-state index contributed by atoms with van der Waals surface area (Å²) in [6.45, 7) is 3.84. The third kappa shape index (κ3) is 3.47. The predicted molar refractivity (Wildman–Crippen MR) is 67.4 cm³/mol. The lowest BCUT2D eigenvalue weighted by Crippen LogP contribution is -2.24. The van der Waals surface area contributed by atoms with Crippen molar-refractivity contribution in [2.24, 2.45) is 0 Å². The number of hydrogen-bond donors (Lipinski definition) is 2. The molecule has 1 aromatic carbocycles. The SMILES string of the molecule is C=CCCNS(=O)(=O)c1ccc(N)c(OC)c1. The summed E-state index contributed by atoms with van der Waals surface area (Å²) < 4.78 is 31.1. The number of hydrogen-bond acceptors (Lipinski definition) is 4. The highest BCUT2D eigenvalue weighted by Crippen LogP contribution is 2.24. The lowest BCUT2D eigenvalue weighted by Gasteiger charge is -2.09. The average molecular weight is 256 g/mol. The monoisotopic (exact) mass is 256 g/mol. The third-order valence-corrected chi connectivity index (χ3v) is 3.61. The van der Waals surface area contributed by atoms with Gasteiger partial charge in [0.15, 0.2) is 0 Å². The highest BCUT2D eigenvalue weighted by atomic mass is 32.2. The molecule has 0 spiro atoms. The molecule has 1 aromatic rings. The van der Waals surface area contributed by atoms with Crippen molar-refractivity contribution in [2.45, 2.75) is 11.3 Å². The van der Waals surface area contributed by atoms with Gasteiger partial charge in [0.25, 0.3) is 0 Å². The van der Waals surface area contributed by atoms with E-state index in [0.29, 0.717) is 24.4 Å². The molecule has 0 heterocycles. The number of ether oxygens (including phenoxy) is 1. The van der Waals surface area contributed by atoms with Crippen LogP contribution in [0.25, 0.3) is 0 Å². The summed E-state index contributed by atoms with van der Waals surface area (Å²) >= 11 is 0. The highest BCUT2D eigenvalue weighted by molar-refractivity contribution is 7.89. The lowest BCUT2D eigenvalue weighted by molar-refractivity contribution is 0.415. The summed E-state index contributed by atoms with van der Waals surface area (Å²) in [6, 6.07) is 4.33. The standard InChI is InChI=1S/C11H16N2O3S/c1-3-4-7-13-17(14,15)9-5-6-10(12)11(8-9)16-2/h3,5-6,8,13H,1,4,7,12H2,2H3. The fourth-order valence-electron chi connectivity index (χ4n) is 1.24. The van der Waals surface area contributed by atoms with Crippen LogP contribution in [0, 0.1) is 0 Å². The van der Waals surface area contributed by atoms with Crippen molar-refractivity contribution < 1.29 is 13.2 Å². The first-order chi connectivity index (χ1) is 8.01. The van der Waals surface area contributed by atoms with Crippen LogP contribution in [-0.2, 0) is 10.0 Å². The number of anilines is 1. The Bertz CT molecular complexity index is 497. The number of benzene rings is 1. The molecule has 17 heavy (non-hydrogen) atoms. The topological polar surface area (TPSA) is 81.4 Å². The summed E-state index contributed by atoms with van der Waals surface area (Å²) in [7, 11) is -2.08. The van der Waals surface area contributed by atoms with Crippen LogP contribution >= 0.6 is 0 Å². The van der Waals surface area contributed by atoms with Crippen LogP contribution in [0.5, 0.6) is 5.75 Å². The number of nitrogen functional groups attached to an aromatic ring is 1. The fourth-order valence-corrected chi connectivity index (χ4v) is 2.30. The van der Waals surface area contributed by atoms with E-state index < -0.39 is 10.0 Å². The molecule has 3 N–H and O–H groups in total. The van der Waals surface area contributed by atoms with Gasteiger partial charge in [-0.3, -0.25) is 0 Å². The molecule has 0 aliphatic rings. The summed E-state index contributed by atoms with van der Waals surface area (Å²) in [6.07, 6.45) is 2.22. The van der Waals surface area contributed by atoms with Crippen molar-refractivity contribution >= 4 is 15.7 Å². The normalized spacial score (nSPS) is 11.1. The second-order valence-corrected chi connectivity index (χ2v) is 5.15. The summed E-state index contributed by atoms with van der Waals surface area (Å²) in [4.78, 5) is 0.132. The first-order valence-electron chi connectivity index (χ1n) is 5.05. The zero-order chi connectivity index (χ0) is 12.9. The number of rotatable bonds is 6. The molecule has 0 aromatic heterocycles. The molecule has 0 saturated carbocycles. The predicted octanol–water partition coefficient (Wildman–Crippen LogP) is 1.13. The highest BCUT2D eigenvalue weighted by Gasteiger charge is 2.14. The lowest BCUT2D eigenvalue weighted by atomic mass is 10.3. The maximum absolute atomic E-state index is 11.8. The summed E-state index contributed by atoms with van der Waals surface area (Å²) in [5.41, 5.74) is 6.01. The molecule has 94 valence electrons. The maximum Gasteiger partial charge on any atom is 0.240 e. The molecular formula is C11H16N2O3S. The van der Waals surface area contributed by atoms with Crippen LogP contribution in [0.1, 0.15) is 6.42 Å². The van der Waals surface area contributed by atoms with Crippen molar-refractivity contribution in [1.29, 1.82) is 0 Å². The average Bonchev–Trinajstić information content (AvgIpc) is 2.29. The van der Waals surface area contributed by atoms with E-state index in [0.717, 1.165) is 0 Å². The largest absolute Gasteiger partial charge is 0.495 e. The molecule has 5 nitrogen and oxygen atoms in total. The molecule has 0 fully saturated rings. The van der Waals surface area contributed by atoms with Crippen molar-refractivity contribution in [2.75, 3.05) is 19.4 Å². The van der Waals surface area contributed by atoms with Crippen molar-refractivity contribution in [3.8, 4) is 5.75 Å². The van der Waals surface area contributed by atoms with Gasteiger partial charge in [0.2, 0.25) is 10.0 Å². The number of nitrogens with one attached hydrogen (secondary N) is 1. The van der Waals surface area contributed by atoms with E-state index in [1.165, 1.54) is 25.3 Å². The Morgan fingerprint density at radius 2 is 2.24 bits per heavy atom. The zero-order valence-corrected chi connectivity index (χ0v) is 10.5. The molecule has 0 atom stereocenters. The Morgan fingerprint density at radius 3 is 2.82 bits per heavy atom. The van der Waals surface area contributed by atoms with Gasteiger partial charge in [-0.2, -0.15) is 0 Å². The first kappa shape index (κ1) is 13.5. The number of sulfonamides is 1. The Hall–Kier alpha value is -1.53. The van der Waals surface area contributed by atoms with Gasteiger partial charge < -0.3 is 10.5 Å². The van der Waals surface area contributed by atoms with Gasteiger partial charge in [0, 0.05) is 12.6 Å². The molecule has 0 aliphatic heterocycles. The second-order valence-electron chi connectivity index (χ2n) is 3.38. The van der Waals surface area contributed by atoms with Gasteiger partial charge in [-0.1, -0.05) is 6.08 Å². The van der Waals surface area contributed by atoms with Crippen molar-refractivity contribution in [3.63, 3.8) is 0 Å². The smallest absolute Gasteiger partial charge is 0.240 e. The number of nitrogens with two attached hydrogens (primary N) is 1. The van der Waals surface area contributed by atoms with Crippen LogP contribution in [-0.4, -0.2) is 22.1 Å². The van der Waals surface area contributed by atoms with Gasteiger partial charge in [0.05, 0.1) is 17.7 Å². The van der Waals surface area contributed by atoms with E-state index in [1.54, 1.807) is 6.08 Å². The minimum absolute atomic E-state index is 0.132. The molecule has 6 heteroatoms. The Balaban J connectivity index is 2.95. The minimum Gasteiger partial charge on any atom is -0.495 e. The Morgan fingerprint density at radius 1 is 1.53 bits per heavy atom. The van der Waals surface area contributed by atoms with E-state index >= 15 is 0 Å². The summed E-state index contributed by atoms with van der Waals surface area (Å²) in [5, 5.41) is 0. The second kappa shape index (κ2) is 5.70. The molecule has 0 unspecified atom stereocenters. The van der Waals surface area contributed by atoms with Crippen LogP contribution in [0.4, 0.5) is 5.69 Å². The van der Waals surface area contributed by atoms with Gasteiger partial charge in [0.1, 0.15) is 5.75 Å². The molecule has 0 amide bonds. The maximum atomic E-state index is 11.8. The molecular weight excluding hydrogens is 240 g/mol. The molecule has 0 saturated heterocycles. The van der Waals surface area contributed by atoms with Gasteiger partial charge in [-0.05, 0) is 18.6 Å². The third-order valence-electron chi connectivity index (χ3n) is 2.16. The van der Waals surface area contributed by atoms with Gasteiger partial charge in [-0.25, -0.2) is 13.1 Å². The van der Waals surface area contributed by atoms with Crippen LogP contribution in [0.2, 0.25) is 0 Å². The Labute approximate surface area is 101 Å². The molecule has 0 aliphatic carbocycles. The zero-order valence-electron chi connectivity index (χ0n) is 9.64. The Kier molecular flexibility index (Phi) is 4.53. The van der Waals surface area contributed by atoms with Gasteiger partial charge in [-0.15, -0.1) is 6.58 Å². The van der Waals surface area contributed by atoms with Crippen molar-refractivity contribution in [3.05, 3.63) is 30.9 Å². The van der Waals surface area contributed by atoms with E-state index in [1.807, 2.05) is 0 Å². The van der Waals surface area contributed by atoms with Crippen LogP contribution in [0.3, 0.4) is 0 Å². The fraction of sp³-hybridized carbons (Fsp3) is 0.273. The van der Waals surface area contributed by atoms with Crippen LogP contribution < -0.4 is 15.2 Å². The van der Waals surface area contributed by atoms with E-state index in [9.17, 15) is 8.42 Å². The molecule has 0 radical (unpaired) electrons. The first-order valence-corrected chi connectivity index (χ1v) is 6.53. The van der Waals surface area contributed by atoms with E-state index in [-0.39, 0.29) is 4.90 Å². The van der Waals surface area contributed by atoms with E-state index in [4.69, 9.17) is 10.5 Å². The molecule has 0 bridgehead atoms. The van der Waals surface area contributed by atoms with Gasteiger partial charge >= 0.3 is 0 Å². The van der Waals surface area contributed by atoms with Crippen LogP contribution in [0.15, 0.2) is 35.7 Å². The molecule has 1 rings (SSSR count). The quantitative estimate of drug-likeness (QED) is 0.454. The van der Waals surface area contributed by atoms with E-state index in [2.05, 4.69) is 11.3 Å². The van der Waals surface area contributed by atoms with Crippen molar-refractivity contribution in [1.82, 2.24) is 4.72 Å². The minimum atomic E-state index is -3.52. The summed E-state index contributed by atoms with van der Waals surface area (Å²) in [5.74, 6) is 0.344.